The van der Waals surface area contributed by atoms with Crippen molar-refractivity contribution in [2.75, 3.05) is 0 Å². The molecule has 0 aliphatic carbocycles. The summed E-state index contributed by atoms with van der Waals surface area (Å²) in [6, 6.07) is 4.91. The minimum Gasteiger partial charge on any atom is -0.487 e. The van der Waals surface area contributed by atoms with Crippen molar-refractivity contribution in [2.45, 2.75) is 6.61 Å². The molecule has 0 saturated heterocycles. The zero-order valence-electron chi connectivity index (χ0n) is 11.0. The number of benzene rings is 1. The van der Waals surface area contributed by atoms with E-state index in [-0.39, 0.29) is 74.3 Å². The predicted octanol–water partition coefficient (Wildman–Crippen LogP) is 0.511. The van der Waals surface area contributed by atoms with Gasteiger partial charge in [0, 0.05) is 11.8 Å². The Morgan fingerprint density at radius 2 is 1.90 bits per heavy atom. The van der Waals surface area contributed by atoms with E-state index in [0.717, 1.165) is 12.3 Å². The Hall–Kier alpha value is -0.119. The van der Waals surface area contributed by atoms with Crippen molar-refractivity contribution < 1.29 is 73.5 Å². The fourth-order valence-electron chi connectivity index (χ4n) is 1.52. The van der Waals surface area contributed by atoms with Crippen LogP contribution in [0.15, 0.2) is 36.7 Å². The minimum absolute atomic E-state index is 0. The van der Waals surface area contributed by atoms with Gasteiger partial charge in [0.25, 0.3) is 0 Å². The minimum atomic E-state index is -5.15. The van der Waals surface area contributed by atoms with Gasteiger partial charge in [0.1, 0.15) is 18.2 Å². The monoisotopic (exact) mass is 343 g/mol. The maximum absolute atomic E-state index is 13.5. The maximum atomic E-state index is 13.5. The van der Waals surface area contributed by atoms with Gasteiger partial charge >= 0.3 is 58.4 Å². The molecular formula is C12H8BClF4KNO. The molecule has 0 spiro atoms. The summed E-state index contributed by atoms with van der Waals surface area (Å²) in [6.45, 7) is -5.43. The van der Waals surface area contributed by atoms with E-state index in [1.54, 1.807) is 0 Å². The van der Waals surface area contributed by atoms with Crippen molar-refractivity contribution in [1.82, 2.24) is 4.98 Å². The Morgan fingerprint density at radius 3 is 2.52 bits per heavy atom. The summed E-state index contributed by atoms with van der Waals surface area (Å²) in [5, 5.41) is 0.147. The summed E-state index contributed by atoms with van der Waals surface area (Å²) in [5.74, 6) is -0.678. The molecule has 0 bridgehead atoms. The number of pyridine rings is 1. The van der Waals surface area contributed by atoms with E-state index in [0.29, 0.717) is 6.20 Å². The molecule has 0 N–H and O–H groups in total. The molecule has 0 radical (unpaired) electrons. The van der Waals surface area contributed by atoms with Crippen LogP contribution in [0.25, 0.3) is 0 Å². The van der Waals surface area contributed by atoms with Gasteiger partial charge in [-0.2, -0.15) is 0 Å². The van der Waals surface area contributed by atoms with Crippen LogP contribution in [0.3, 0.4) is 0 Å². The van der Waals surface area contributed by atoms with Crippen molar-refractivity contribution in [3.05, 3.63) is 53.1 Å². The van der Waals surface area contributed by atoms with Crippen LogP contribution in [0.2, 0.25) is 5.02 Å². The van der Waals surface area contributed by atoms with E-state index in [9.17, 15) is 17.3 Å². The van der Waals surface area contributed by atoms with E-state index in [2.05, 4.69) is 4.98 Å². The molecule has 2 rings (SSSR count). The van der Waals surface area contributed by atoms with Crippen LogP contribution < -0.4 is 61.6 Å². The standard InChI is InChI=1S/C12H8BClF4NO.K/c14-11-2-1-3-12(15)10(11)7-20-9-4-8(5-19-6-9)13(16,17)18;/h1-6H,7H2;/q-1;+1. The molecule has 9 heteroatoms. The van der Waals surface area contributed by atoms with Crippen molar-refractivity contribution >= 4 is 24.0 Å². The molecule has 0 atom stereocenters. The first-order valence-corrected chi connectivity index (χ1v) is 5.96. The number of aromatic nitrogens is 1. The van der Waals surface area contributed by atoms with E-state index in [4.69, 9.17) is 16.3 Å². The first-order valence-electron chi connectivity index (χ1n) is 5.58. The van der Waals surface area contributed by atoms with Crippen LogP contribution in [0, 0.1) is 5.82 Å². The third kappa shape index (κ3) is 5.22. The fourth-order valence-corrected chi connectivity index (χ4v) is 1.74. The summed E-state index contributed by atoms with van der Waals surface area (Å²) in [6.07, 6.45) is 1.84. The second-order valence-corrected chi connectivity index (χ2v) is 4.42. The quantitative estimate of drug-likeness (QED) is 0.596. The van der Waals surface area contributed by atoms with Crippen LogP contribution in [-0.4, -0.2) is 12.0 Å². The molecule has 1 heterocycles. The molecule has 0 unspecified atom stereocenters. The van der Waals surface area contributed by atoms with Gasteiger partial charge in [-0.3, -0.25) is 4.98 Å². The Morgan fingerprint density at radius 1 is 1.19 bits per heavy atom. The van der Waals surface area contributed by atoms with Gasteiger partial charge in [-0.15, -0.1) is 0 Å². The Bertz CT molecular complexity index is 606. The summed E-state index contributed by atoms with van der Waals surface area (Å²) in [4.78, 5) is 3.45. The molecule has 0 fully saturated rings. The van der Waals surface area contributed by atoms with E-state index >= 15 is 0 Å². The summed E-state index contributed by atoms with van der Waals surface area (Å²) in [7, 11) is 0. The zero-order chi connectivity index (χ0) is 14.8. The zero-order valence-corrected chi connectivity index (χ0v) is 14.9. The Labute approximate surface area is 166 Å². The number of rotatable bonds is 4. The van der Waals surface area contributed by atoms with Gasteiger partial charge in [0.15, 0.2) is 0 Å². The van der Waals surface area contributed by atoms with Gasteiger partial charge in [0.05, 0.1) is 11.2 Å². The summed E-state index contributed by atoms with van der Waals surface area (Å²) < 4.78 is 56.2. The molecule has 2 nitrogen and oxygen atoms in total. The average molecular weight is 344 g/mol. The molecule has 21 heavy (non-hydrogen) atoms. The van der Waals surface area contributed by atoms with E-state index in [1.807, 2.05) is 0 Å². The molecule has 2 aromatic rings. The number of nitrogens with zero attached hydrogens (tertiary/aromatic N) is 1. The third-order valence-corrected chi connectivity index (χ3v) is 2.91. The van der Waals surface area contributed by atoms with Crippen molar-refractivity contribution in [3.63, 3.8) is 0 Å². The van der Waals surface area contributed by atoms with Gasteiger partial charge in [-0.25, -0.2) is 4.39 Å². The van der Waals surface area contributed by atoms with Crippen LogP contribution in [0.4, 0.5) is 17.3 Å². The molecule has 0 saturated carbocycles. The van der Waals surface area contributed by atoms with Gasteiger partial charge in [0.2, 0.25) is 0 Å². The van der Waals surface area contributed by atoms with Crippen molar-refractivity contribution in [1.29, 1.82) is 0 Å². The number of halogens is 5. The van der Waals surface area contributed by atoms with Crippen LogP contribution in [-0.2, 0) is 6.61 Å². The molecule has 0 aliphatic heterocycles. The van der Waals surface area contributed by atoms with Gasteiger partial charge in [-0.1, -0.05) is 23.1 Å². The van der Waals surface area contributed by atoms with E-state index in [1.165, 1.54) is 18.2 Å². The van der Waals surface area contributed by atoms with Crippen LogP contribution in [0.1, 0.15) is 5.56 Å². The van der Waals surface area contributed by atoms with Gasteiger partial charge < -0.3 is 17.7 Å². The predicted molar refractivity (Wildman–Crippen MR) is 68.7 cm³/mol. The SMILES string of the molecule is Fc1cccc(Cl)c1COc1cncc([B-](F)(F)F)c1.[K+]. The molecular weight excluding hydrogens is 335 g/mol. The molecule has 106 valence electrons. The summed E-state index contributed by atoms with van der Waals surface area (Å²) >= 11 is 5.79. The van der Waals surface area contributed by atoms with Crippen LogP contribution >= 0.6 is 11.6 Å². The van der Waals surface area contributed by atoms with Crippen LogP contribution in [0.5, 0.6) is 5.75 Å². The number of hydrogen-bond donors (Lipinski definition) is 0. The first kappa shape index (κ1) is 18.9. The molecule has 1 aromatic heterocycles. The smallest absolute Gasteiger partial charge is 0.487 e. The van der Waals surface area contributed by atoms with Crippen molar-refractivity contribution in [2.24, 2.45) is 0 Å². The van der Waals surface area contributed by atoms with E-state index < -0.39 is 18.3 Å². The number of ether oxygens (including phenoxy) is 1. The molecule has 0 aliphatic rings. The topological polar surface area (TPSA) is 22.1 Å². The normalized spacial score (nSPS) is 10.9. The number of hydrogen-bond acceptors (Lipinski definition) is 2. The first-order chi connectivity index (χ1) is 9.38. The van der Waals surface area contributed by atoms with Gasteiger partial charge in [-0.05, 0) is 18.2 Å². The Balaban J connectivity index is 0.00000220. The molecule has 0 amide bonds. The Kier molecular flexibility index (Phi) is 7.16. The average Bonchev–Trinajstić information content (AvgIpc) is 2.37. The second kappa shape index (κ2) is 7.94. The third-order valence-electron chi connectivity index (χ3n) is 2.56. The fraction of sp³-hybridized carbons (Fsp3) is 0.0833. The largest absolute Gasteiger partial charge is 1.00 e. The summed E-state index contributed by atoms with van der Waals surface area (Å²) in [5.41, 5.74) is -0.792. The second-order valence-electron chi connectivity index (χ2n) is 4.02. The van der Waals surface area contributed by atoms with Crippen molar-refractivity contribution in [3.8, 4) is 5.75 Å². The maximum Gasteiger partial charge on any atom is 1.00 e. The molecule has 1 aromatic carbocycles.